The van der Waals surface area contributed by atoms with Crippen LogP contribution in [0.15, 0.2) is 35.1 Å². The van der Waals surface area contributed by atoms with Crippen molar-refractivity contribution in [2.45, 2.75) is 19.8 Å². The number of hydrogen-bond donors (Lipinski definition) is 2. The van der Waals surface area contributed by atoms with Gasteiger partial charge >= 0.3 is 0 Å². The van der Waals surface area contributed by atoms with Crippen LogP contribution in [0.2, 0.25) is 0 Å². The number of para-hydroxylation sites is 1. The van der Waals surface area contributed by atoms with Crippen molar-refractivity contribution in [3.05, 3.63) is 51.9 Å². The first-order valence-corrected chi connectivity index (χ1v) is 5.71. The summed E-state index contributed by atoms with van der Waals surface area (Å²) in [5, 5.41) is 5.39. The lowest BCUT2D eigenvalue weighted by Crippen LogP contribution is -2.08. The van der Waals surface area contributed by atoms with Gasteiger partial charge in [0.15, 0.2) is 0 Å². The average Bonchev–Trinajstić information content (AvgIpc) is 2.67. The lowest BCUT2D eigenvalue weighted by molar-refractivity contribution is 0.311. The third-order valence-corrected chi connectivity index (χ3v) is 2.67. The lowest BCUT2D eigenvalue weighted by atomic mass is 10.1. The zero-order chi connectivity index (χ0) is 12.1. The smallest absolute Gasteiger partial charge is 0.267 e. The van der Waals surface area contributed by atoms with Gasteiger partial charge in [-0.2, -0.15) is 0 Å². The molecule has 0 radical (unpaired) electrons. The summed E-state index contributed by atoms with van der Waals surface area (Å²) in [5.41, 5.74) is 1.71. The van der Waals surface area contributed by atoms with Crippen LogP contribution in [0.25, 0.3) is 0 Å². The van der Waals surface area contributed by atoms with Gasteiger partial charge < -0.3 is 9.84 Å². The normalized spacial score (nSPS) is 10.4. The number of hydrogen-bond acceptors (Lipinski definition) is 2. The van der Waals surface area contributed by atoms with Gasteiger partial charge in [0.25, 0.3) is 5.56 Å². The van der Waals surface area contributed by atoms with E-state index in [-0.39, 0.29) is 5.56 Å². The van der Waals surface area contributed by atoms with Crippen LogP contribution in [0.3, 0.4) is 0 Å². The van der Waals surface area contributed by atoms with Gasteiger partial charge in [-0.25, -0.2) is 0 Å². The summed E-state index contributed by atoms with van der Waals surface area (Å²) in [4.78, 5) is 11.4. The first-order chi connectivity index (χ1) is 8.27. The first kappa shape index (κ1) is 11.5. The zero-order valence-electron chi connectivity index (χ0n) is 9.82. The fraction of sp³-hybridized carbons (Fsp3) is 0.308. The molecule has 1 heterocycles. The highest BCUT2D eigenvalue weighted by atomic mass is 16.5. The molecule has 2 rings (SSSR count). The van der Waals surface area contributed by atoms with Gasteiger partial charge in [0, 0.05) is 11.3 Å². The second kappa shape index (κ2) is 5.39. The number of nitrogens with one attached hydrogen (secondary N) is 2. The first-order valence-electron chi connectivity index (χ1n) is 5.71. The standard InChI is InChI=1S/C13H16N2O2/c1-10-12(13(16)15-14-10)8-5-9-17-11-6-3-2-4-7-11/h2-4,6-7H,5,8-9H2,1H3,(H2,14,15,16). The molecular weight excluding hydrogens is 216 g/mol. The molecule has 0 saturated heterocycles. The second-order valence-corrected chi connectivity index (χ2v) is 3.95. The predicted molar refractivity (Wildman–Crippen MR) is 66.4 cm³/mol. The summed E-state index contributed by atoms with van der Waals surface area (Å²) in [6, 6.07) is 9.69. The van der Waals surface area contributed by atoms with E-state index < -0.39 is 0 Å². The minimum Gasteiger partial charge on any atom is -0.494 e. The van der Waals surface area contributed by atoms with Gasteiger partial charge in [-0.3, -0.25) is 9.89 Å². The highest BCUT2D eigenvalue weighted by Crippen LogP contribution is 2.09. The fourth-order valence-corrected chi connectivity index (χ4v) is 1.73. The molecule has 0 amide bonds. The Labute approximate surface area is 99.6 Å². The predicted octanol–water partition coefficient (Wildman–Crippen LogP) is 2.02. The highest BCUT2D eigenvalue weighted by molar-refractivity contribution is 5.21. The third-order valence-electron chi connectivity index (χ3n) is 2.67. The van der Waals surface area contributed by atoms with Crippen molar-refractivity contribution in [1.82, 2.24) is 10.2 Å². The molecule has 0 unspecified atom stereocenters. The van der Waals surface area contributed by atoms with Crippen LogP contribution >= 0.6 is 0 Å². The summed E-state index contributed by atoms with van der Waals surface area (Å²) in [6.07, 6.45) is 1.56. The summed E-state index contributed by atoms with van der Waals surface area (Å²) < 4.78 is 5.56. The van der Waals surface area contributed by atoms with Crippen molar-refractivity contribution < 1.29 is 4.74 Å². The number of aryl methyl sites for hydroxylation is 1. The molecule has 0 saturated carbocycles. The largest absolute Gasteiger partial charge is 0.494 e. The summed E-state index contributed by atoms with van der Waals surface area (Å²) in [7, 11) is 0. The van der Waals surface area contributed by atoms with Crippen molar-refractivity contribution in [3.63, 3.8) is 0 Å². The minimum atomic E-state index is -0.0257. The summed E-state index contributed by atoms with van der Waals surface area (Å²) >= 11 is 0. The Bertz CT molecular complexity index is 514. The average molecular weight is 232 g/mol. The van der Waals surface area contributed by atoms with Crippen LogP contribution < -0.4 is 10.3 Å². The monoisotopic (exact) mass is 232 g/mol. The number of aromatic amines is 2. The molecule has 4 heteroatoms. The molecule has 0 aliphatic rings. The van der Waals surface area contributed by atoms with E-state index in [0.29, 0.717) is 6.61 Å². The van der Waals surface area contributed by atoms with Gasteiger partial charge in [-0.1, -0.05) is 18.2 Å². The van der Waals surface area contributed by atoms with Crippen molar-refractivity contribution in [2.24, 2.45) is 0 Å². The Balaban J connectivity index is 1.79. The number of benzene rings is 1. The van der Waals surface area contributed by atoms with Crippen molar-refractivity contribution in [2.75, 3.05) is 6.61 Å². The van der Waals surface area contributed by atoms with Crippen LogP contribution in [-0.2, 0) is 6.42 Å². The van der Waals surface area contributed by atoms with Crippen molar-refractivity contribution in [1.29, 1.82) is 0 Å². The Morgan fingerprint density at radius 2 is 1.94 bits per heavy atom. The van der Waals surface area contributed by atoms with E-state index in [2.05, 4.69) is 10.2 Å². The molecule has 90 valence electrons. The van der Waals surface area contributed by atoms with Gasteiger partial charge in [-0.15, -0.1) is 0 Å². The van der Waals surface area contributed by atoms with Crippen LogP contribution in [0.4, 0.5) is 0 Å². The molecular formula is C13H16N2O2. The van der Waals surface area contributed by atoms with Gasteiger partial charge in [0.1, 0.15) is 5.75 Å². The van der Waals surface area contributed by atoms with E-state index in [9.17, 15) is 4.79 Å². The molecule has 2 aromatic rings. The molecule has 2 N–H and O–H groups in total. The summed E-state index contributed by atoms with van der Waals surface area (Å²) in [6.45, 7) is 2.51. The number of H-pyrrole nitrogens is 2. The molecule has 0 spiro atoms. The van der Waals surface area contributed by atoms with Gasteiger partial charge in [0.2, 0.25) is 0 Å². The highest BCUT2D eigenvalue weighted by Gasteiger charge is 2.05. The van der Waals surface area contributed by atoms with Crippen LogP contribution in [0.5, 0.6) is 5.75 Å². The van der Waals surface area contributed by atoms with E-state index in [4.69, 9.17) is 4.74 Å². The van der Waals surface area contributed by atoms with E-state index in [1.807, 2.05) is 37.3 Å². The second-order valence-electron chi connectivity index (χ2n) is 3.95. The van der Waals surface area contributed by atoms with Crippen molar-refractivity contribution >= 4 is 0 Å². The zero-order valence-corrected chi connectivity index (χ0v) is 9.82. The van der Waals surface area contributed by atoms with E-state index in [0.717, 1.165) is 29.8 Å². The number of rotatable bonds is 5. The molecule has 1 aromatic carbocycles. The number of ether oxygens (including phenoxy) is 1. The molecule has 17 heavy (non-hydrogen) atoms. The van der Waals surface area contributed by atoms with E-state index in [1.54, 1.807) is 0 Å². The summed E-state index contributed by atoms with van der Waals surface area (Å²) in [5.74, 6) is 0.868. The Hall–Kier alpha value is -1.97. The van der Waals surface area contributed by atoms with E-state index in [1.165, 1.54) is 0 Å². The Kier molecular flexibility index (Phi) is 3.65. The molecule has 0 aliphatic heterocycles. The molecule has 0 bridgehead atoms. The van der Waals surface area contributed by atoms with Crippen LogP contribution in [-0.4, -0.2) is 16.8 Å². The Morgan fingerprint density at radius 3 is 2.59 bits per heavy atom. The van der Waals surface area contributed by atoms with E-state index >= 15 is 0 Å². The van der Waals surface area contributed by atoms with Crippen molar-refractivity contribution in [3.8, 4) is 5.75 Å². The molecule has 0 fully saturated rings. The minimum absolute atomic E-state index is 0.0257. The maximum absolute atomic E-state index is 11.4. The van der Waals surface area contributed by atoms with Crippen LogP contribution in [0.1, 0.15) is 17.7 Å². The topological polar surface area (TPSA) is 57.9 Å². The van der Waals surface area contributed by atoms with Crippen LogP contribution in [0, 0.1) is 6.92 Å². The molecule has 4 nitrogen and oxygen atoms in total. The molecule has 1 aromatic heterocycles. The maximum atomic E-state index is 11.4. The third kappa shape index (κ3) is 3.00. The molecule has 0 aliphatic carbocycles. The van der Waals surface area contributed by atoms with Gasteiger partial charge in [-0.05, 0) is 31.9 Å². The maximum Gasteiger partial charge on any atom is 0.267 e. The quantitative estimate of drug-likeness (QED) is 0.775. The number of aromatic nitrogens is 2. The fourth-order valence-electron chi connectivity index (χ4n) is 1.73. The molecule has 0 atom stereocenters. The Morgan fingerprint density at radius 1 is 1.18 bits per heavy atom. The SMILES string of the molecule is Cc1[nH][nH]c(=O)c1CCCOc1ccccc1. The lowest BCUT2D eigenvalue weighted by Gasteiger charge is -2.04. The van der Waals surface area contributed by atoms with Gasteiger partial charge in [0.05, 0.1) is 6.61 Å².